The molecule has 0 fully saturated rings. The number of benzene rings is 1. The first kappa shape index (κ1) is 12.8. The molecule has 0 heterocycles. The largest absolute Gasteiger partial charge is 0.493 e. The second-order valence-electron chi connectivity index (χ2n) is 4.32. The molecule has 2 N–H and O–H groups in total. The fraction of sp³-hybridized carbons (Fsp3) is 0.429. The van der Waals surface area contributed by atoms with Crippen LogP contribution in [0.15, 0.2) is 24.3 Å². The fourth-order valence-corrected chi connectivity index (χ4v) is 1.71. The molecule has 2 nitrogen and oxygen atoms in total. The van der Waals surface area contributed by atoms with Crippen LogP contribution < -0.4 is 10.5 Å². The summed E-state index contributed by atoms with van der Waals surface area (Å²) in [6.07, 6.45) is 0.900. The Bertz CT molecular complexity index is 359. The standard InChI is InChI=1S/C14H21NO/c1-10(2)5-6-16-14-11(3)7-13(9-15)8-12(14)4/h7-8H,1,5-6,9,15H2,2-4H3. The first-order valence-electron chi connectivity index (χ1n) is 5.62. The van der Waals surface area contributed by atoms with E-state index in [0.717, 1.165) is 34.4 Å². The van der Waals surface area contributed by atoms with Gasteiger partial charge in [-0.25, -0.2) is 0 Å². The van der Waals surface area contributed by atoms with Crippen molar-refractivity contribution < 1.29 is 4.74 Å². The Hall–Kier alpha value is -1.28. The molecule has 0 unspecified atom stereocenters. The predicted molar refractivity (Wildman–Crippen MR) is 68.7 cm³/mol. The number of aryl methyl sites for hydroxylation is 2. The molecule has 0 saturated heterocycles. The molecular formula is C14H21NO. The quantitative estimate of drug-likeness (QED) is 0.772. The van der Waals surface area contributed by atoms with E-state index in [-0.39, 0.29) is 0 Å². The van der Waals surface area contributed by atoms with Crippen molar-refractivity contribution in [2.45, 2.75) is 33.7 Å². The highest BCUT2D eigenvalue weighted by Gasteiger charge is 2.05. The van der Waals surface area contributed by atoms with E-state index < -0.39 is 0 Å². The van der Waals surface area contributed by atoms with Crippen molar-refractivity contribution in [2.75, 3.05) is 6.61 Å². The molecule has 16 heavy (non-hydrogen) atoms. The van der Waals surface area contributed by atoms with Gasteiger partial charge in [-0.1, -0.05) is 17.7 Å². The van der Waals surface area contributed by atoms with Crippen molar-refractivity contribution >= 4 is 0 Å². The summed E-state index contributed by atoms with van der Waals surface area (Å²) in [5.74, 6) is 0.985. The van der Waals surface area contributed by atoms with Crippen LogP contribution in [0.3, 0.4) is 0 Å². The lowest BCUT2D eigenvalue weighted by molar-refractivity contribution is 0.317. The van der Waals surface area contributed by atoms with E-state index >= 15 is 0 Å². The van der Waals surface area contributed by atoms with Crippen molar-refractivity contribution in [3.05, 3.63) is 41.0 Å². The number of nitrogens with two attached hydrogens (primary N) is 1. The number of hydrogen-bond acceptors (Lipinski definition) is 2. The van der Waals surface area contributed by atoms with Crippen LogP contribution in [0.1, 0.15) is 30.0 Å². The lowest BCUT2D eigenvalue weighted by Crippen LogP contribution is -2.03. The normalized spacial score (nSPS) is 10.2. The van der Waals surface area contributed by atoms with Gasteiger partial charge in [0.1, 0.15) is 5.75 Å². The highest BCUT2D eigenvalue weighted by molar-refractivity contribution is 5.43. The monoisotopic (exact) mass is 219 g/mol. The molecule has 1 aromatic rings. The summed E-state index contributed by atoms with van der Waals surface area (Å²) in [6, 6.07) is 4.17. The van der Waals surface area contributed by atoms with E-state index in [4.69, 9.17) is 10.5 Å². The Morgan fingerprint density at radius 3 is 2.31 bits per heavy atom. The molecule has 2 heteroatoms. The zero-order valence-corrected chi connectivity index (χ0v) is 10.5. The summed E-state index contributed by atoms with van der Waals surface area (Å²) in [5, 5.41) is 0. The van der Waals surface area contributed by atoms with Crippen LogP contribution in [0.4, 0.5) is 0 Å². The number of ether oxygens (including phenoxy) is 1. The third-order valence-electron chi connectivity index (χ3n) is 2.53. The molecule has 0 aliphatic heterocycles. The zero-order chi connectivity index (χ0) is 12.1. The highest BCUT2D eigenvalue weighted by Crippen LogP contribution is 2.25. The van der Waals surface area contributed by atoms with Crippen LogP contribution in [0.2, 0.25) is 0 Å². The van der Waals surface area contributed by atoms with Gasteiger partial charge in [-0.15, -0.1) is 6.58 Å². The number of hydrogen-bond donors (Lipinski definition) is 1. The van der Waals surface area contributed by atoms with Crippen LogP contribution >= 0.6 is 0 Å². The minimum atomic E-state index is 0.577. The van der Waals surface area contributed by atoms with Gasteiger partial charge in [-0.05, 0) is 37.5 Å². The molecule has 1 rings (SSSR count). The first-order valence-corrected chi connectivity index (χ1v) is 5.62. The van der Waals surface area contributed by atoms with Crippen LogP contribution in [0.5, 0.6) is 5.75 Å². The summed E-state index contributed by atoms with van der Waals surface area (Å²) in [5.41, 5.74) is 10.2. The molecule has 0 radical (unpaired) electrons. The van der Waals surface area contributed by atoms with E-state index in [2.05, 4.69) is 32.6 Å². The van der Waals surface area contributed by atoms with Crippen LogP contribution in [0.25, 0.3) is 0 Å². The lowest BCUT2D eigenvalue weighted by Gasteiger charge is -2.13. The smallest absolute Gasteiger partial charge is 0.125 e. The van der Waals surface area contributed by atoms with E-state index in [1.165, 1.54) is 0 Å². The average molecular weight is 219 g/mol. The molecular weight excluding hydrogens is 198 g/mol. The second kappa shape index (κ2) is 5.71. The van der Waals surface area contributed by atoms with Crippen molar-refractivity contribution in [3.8, 4) is 5.75 Å². The summed E-state index contributed by atoms with van der Waals surface area (Å²) in [4.78, 5) is 0. The molecule has 0 aliphatic carbocycles. The predicted octanol–water partition coefficient (Wildman–Crippen LogP) is 3.11. The lowest BCUT2D eigenvalue weighted by atomic mass is 10.1. The molecule has 0 aliphatic rings. The Kier molecular flexibility index (Phi) is 4.56. The summed E-state index contributed by atoms with van der Waals surface area (Å²) in [6.45, 7) is 11.3. The molecule has 0 bridgehead atoms. The summed E-state index contributed by atoms with van der Waals surface area (Å²) in [7, 11) is 0. The first-order chi connectivity index (χ1) is 7.54. The maximum atomic E-state index is 5.78. The third-order valence-corrected chi connectivity index (χ3v) is 2.53. The van der Waals surface area contributed by atoms with Gasteiger partial charge in [0.25, 0.3) is 0 Å². The Labute approximate surface area is 98.1 Å². The van der Waals surface area contributed by atoms with Gasteiger partial charge in [0.05, 0.1) is 6.61 Å². The fourth-order valence-electron chi connectivity index (χ4n) is 1.71. The SMILES string of the molecule is C=C(C)CCOc1c(C)cc(CN)cc1C. The highest BCUT2D eigenvalue weighted by atomic mass is 16.5. The molecule has 0 atom stereocenters. The van der Waals surface area contributed by atoms with Crippen molar-refractivity contribution in [1.29, 1.82) is 0 Å². The van der Waals surface area contributed by atoms with Gasteiger partial charge in [0.2, 0.25) is 0 Å². The maximum absolute atomic E-state index is 5.78. The van der Waals surface area contributed by atoms with Gasteiger partial charge in [0, 0.05) is 13.0 Å². The molecule has 0 saturated carbocycles. The maximum Gasteiger partial charge on any atom is 0.125 e. The Balaban J connectivity index is 2.76. The molecule has 88 valence electrons. The topological polar surface area (TPSA) is 35.2 Å². The molecule has 1 aromatic carbocycles. The molecule has 0 aromatic heterocycles. The molecule has 0 amide bonds. The summed E-state index contributed by atoms with van der Waals surface area (Å²) >= 11 is 0. The van der Waals surface area contributed by atoms with Crippen molar-refractivity contribution in [1.82, 2.24) is 0 Å². The van der Waals surface area contributed by atoms with Crippen molar-refractivity contribution in [2.24, 2.45) is 5.73 Å². The summed E-state index contributed by atoms with van der Waals surface area (Å²) < 4.78 is 5.78. The second-order valence-corrected chi connectivity index (χ2v) is 4.32. The number of rotatable bonds is 5. The third kappa shape index (κ3) is 3.38. The van der Waals surface area contributed by atoms with E-state index in [1.54, 1.807) is 0 Å². The Morgan fingerprint density at radius 1 is 1.31 bits per heavy atom. The van der Waals surface area contributed by atoms with E-state index in [9.17, 15) is 0 Å². The van der Waals surface area contributed by atoms with Gasteiger partial charge in [-0.3, -0.25) is 0 Å². The Morgan fingerprint density at radius 2 is 1.88 bits per heavy atom. The zero-order valence-electron chi connectivity index (χ0n) is 10.5. The van der Waals surface area contributed by atoms with Crippen LogP contribution in [-0.2, 0) is 6.54 Å². The average Bonchev–Trinajstić information content (AvgIpc) is 2.21. The van der Waals surface area contributed by atoms with Gasteiger partial charge >= 0.3 is 0 Å². The van der Waals surface area contributed by atoms with E-state index in [1.807, 2.05) is 6.92 Å². The van der Waals surface area contributed by atoms with Crippen LogP contribution in [0, 0.1) is 13.8 Å². The van der Waals surface area contributed by atoms with Crippen molar-refractivity contribution in [3.63, 3.8) is 0 Å². The minimum Gasteiger partial charge on any atom is -0.493 e. The van der Waals surface area contributed by atoms with Gasteiger partial charge in [0.15, 0.2) is 0 Å². The van der Waals surface area contributed by atoms with Crippen LogP contribution in [-0.4, -0.2) is 6.61 Å². The van der Waals surface area contributed by atoms with E-state index in [0.29, 0.717) is 13.2 Å². The van der Waals surface area contributed by atoms with Gasteiger partial charge < -0.3 is 10.5 Å². The minimum absolute atomic E-state index is 0.577. The van der Waals surface area contributed by atoms with Gasteiger partial charge in [-0.2, -0.15) is 0 Å². The molecule has 0 spiro atoms.